The lowest BCUT2D eigenvalue weighted by molar-refractivity contribution is -0.130. The van der Waals surface area contributed by atoms with Gasteiger partial charge in [0.05, 0.1) is 18.9 Å². The minimum absolute atomic E-state index is 0.0593. The molecule has 7 heteroatoms. The van der Waals surface area contributed by atoms with Gasteiger partial charge in [-0.2, -0.15) is 0 Å². The summed E-state index contributed by atoms with van der Waals surface area (Å²) in [6.45, 7) is 1.22. The van der Waals surface area contributed by atoms with E-state index in [9.17, 15) is 13.2 Å². The first kappa shape index (κ1) is 18.7. The second-order valence-electron chi connectivity index (χ2n) is 6.71. The number of sulfonamides is 1. The molecule has 0 saturated carbocycles. The molecule has 1 unspecified atom stereocenters. The molecule has 1 amide bonds. The molecule has 1 fully saturated rings. The molecule has 1 N–H and O–H groups in total. The number of amides is 1. The molecule has 1 saturated heterocycles. The third kappa shape index (κ3) is 4.95. The SMILES string of the molecule is CS(=O)(=O)NC1CCCN(C(=O)Cc2ccccc2-c2ccco2)CC1. The second-order valence-corrected chi connectivity index (χ2v) is 8.49. The van der Waals surface area contributed by atoms with Gasteiger partial charge in [0.25, 0.3) is 0 Å². The topological polar surface area (TPSA) is 79.6 Å². The van der Waals surface area contributed by atoms with Crippen LogP contribution in [0.25, 0.3) is 11.3 Å². The van der Waals surface area contributed by atoms with Crippen molar-refractivity contribution in [1.29, 1.82) is 0 Å². The molecule has 26 heavy (non-hydrogen) atoms. The van der Waals surface area contributed by atoms with Gasteiger partial charge < -0.3 is 9.32 Å². The first-order chi connectivity index (χ1) is 12.4. The molecule has 0 spiro atoms. The zero-order chi connectivity index (χ0) is 18.6. The molecule has 1 aromatic heterocycles. The molecule has 0 aliphatic carbocycles. The van der Waals surface area contributed by atoms with Crippen LogP contribution in [0, 0.1) is 0 Å². The number of carbonyl (C=O) groups excluding carboxylic acids is 1. The highest BCUT2D eigenvalue weighted by Crippen LogP contribution is 2.25. The number of likely N-dealkylation sites (tertiary alicyclic amines) is 1. The molecule has 0 bridgehead atoms. The Kier molecular flexibility index (Phi) is 5.78. The third-order valence-electron chi connectivity index (χ3n) is 4.61. The van der Waals surface area contributed by atoms with Crippen molar-refractivity contribution in [1.82, 2.24) is 9.62 Å². The summed E-state index contributed by atoms with van der Waals surface area (Å²) >= 11 is 0. The van der Waals surface area contributed by atoms with E-state index >= 15 is 0 Å². The molecule has 1 aliphatic rings. The summed E-state index contributed by atoms with van der Waals surface area (Å²) in [5.74, 6) is 0.811. The van der Waals surface area contributed by atoms with Crippen LogP contribution in [0.15, 0.2) is 47.1 Å². The molecule has 1 aromatic carbocycles. The van der Waals surface area contributed by atoms with E-state index in [-0.39, 0.29) is 11.9 Å². The van der Waals surface area contributed by atoms with E-state index in [0.29, 0.717) is 25.9 Å². The van der Waals surface area contributed by atoms with Crippen molar-refractivity contribution in [2.75, 3.05) is 19.3 Å². The van der Waals surface area contributed by atoms with Gasteiger partial charge in [0.2, 0.25) is 15.9 Å². The van der Waals surface area contributed by atoms with E-state index in [4.69, 9.17) is 4.42 Å². The molecule has 2 heterocycles. The van der Waals surface area contributed by atoms with E-state index < -0.39 is 10.0 Å². The fraction of sp³-hybridized carbons (Fsp3) is 0.421. The van der Waals surface area contributed by atoms with Crippen LogP contribution in [0.1, 0.15) is 24.8 Å². The first-order valence-electron chi connectivity index (χ1n) is 8.79. The van der Waals surface area contributed by atoms with Crippen molar-refractivity contribution in [3.8, 4) is 11.3 Å². The number of furan rings is 1. The normalized spacial score (nSPS) is 18.5. The summed E-state index contributed by atoms with van der Waals surface area (Å²) in [6.07, 6.45) is 5.28. The molecular formula is C19H24N2O4S. The maximum absolute atomic E-state index is 12.8. The lowest BCUT2D eigenvalue weighted by Gasteiger charge is -2.21. The van der Waals surface area contributed by atoms with E-state index in [1.807, 2.05) is 41.3 Å². The number of rotatable bonds is 5. The summed E-state index contributed by atoms with van der Waals surface area (Å²) in [7, 11) is -3.22. The van der Waals surface area contributed by atoms with Crippen molar-refractivity contribution in [3.63, 3.8) is 0 Å². The zero-order valence-electron chi connectivity index (χ0n) is 14.8. The number of hydrogen-bond acceptors (Lipinski definition) is 4. The van der Waals surface area contributed by atoms with Crippen LogP contribution >= 0.6 is 0 Å². The predicted molar refractivity (Wildman–Crippen MR) is 100 cm³/mol. The average Bonchev–Trinajstić information content (AvgIpc) is 3.01. The highest BCUT2D eigenvalue weighted by Gasteiger charge is 2.23. The van der Waals surface area contributed by atoms with Crippen molar-refractivity contribution in [2.45, 2.75) is 31.7 Å². The van der Waals surface area contributed by atoms with Crippen LogP contribution in [-0.2, 0) is 21.2 Å². The first-order valence-corrected chi connectivity index (χ1v) is 10.7. The molecule has 140 valence electrons. The molecular weight excluding hydrogens is 352 g/mol. The molecule has 0 radical (unpaired) electrons. The predicted octanol–water partition coefficient (Wildman–Crippen LogP) is 2.42. The fourth-order valence-electron chi connectivity index (χ4n) is 3.39. The van der Waals surface area contributed by atoms with Crippen molar-refractivity contribution < 1.29 is 17.6 Å². The van der Waals surface area contributed by atoms with Gasteiger partial charge >= 0.3 is 0 Å². The standard InChI is InChI=1S/C19H24N2O4S/c1-26(23,24)20-16-7-4-11-21(12-10-16)19(22)14-15-6-2-3-8-17(15)18-9-5-13-25-18/h2-3,5-6,8-9,13,16,20H,4,7,10-12,14H2,1H3. The van der Waals surface area contributed by atoms with Crippen LogP contribution in [-0.4, -0.2) is 44.6 Å². The Morgan fingerprint density at radius 1 is 1.19 bits per heavy atom. The van der Waals surface area contributed by atoms with Gasteiger partial charge in [-0.1, -0.05) is 24.3 Å². The monoisotopic (exact) mass is 376 g/mol. The lowest BCUT2D eigenvalue weighted by Crippen LogP contribution is -2.36. The zero-order valence-corrected chi connectivity index (χ0v) is 15.7. The van der Waals surface area contributed by atoms with Gasteiger partial charge in [-0.05, 0) is 37.0 Å². The minimum Gasteiger partial charge on any atom is -0.464 e. The molecule has 6 nitrogen and oxygen atoms in total. The van der Waals surface area contributed by atoms with E-state index in [1.165, 1.54) is 6.26 Å². The minimum atomic E-state index is -3.22. The Morgan fingerprint density at radius 3 is 2.73 bits per heavy atom. The summed E-state index contributed by atoms with van der Waals surface area (Å²) in [4.78, 5) is 14.6. The van der Waals surface area contributed by atoms with E-state index in [2.05, 4.69) is 4.72 Å². The summed E-state index contributed by atoms with van der Waals surface area (Å²) in [6, 6.07) is 11.4. The van der Waals surface area contributed by atoms with Crippen LogP contribution < -0.4 is 4.72 Å². The van der Waals surface area contributed by atoms with Crippen LogP contribution in [0.3, 0.4) is 0 Å². The number of hydrogen-bond donors (Lipinski definition) is 1. The van der Waals surface area contributed by atoms with Gasteiger partial charge in [-0.3, -0.25) is 4.79 Å². The second kappa shape index (κ2) is 8.05. The molecule has 1 atom stereocenters. The highest BCUT2D eigenvalue weighted by atomic mass is 32.2. The quantitative estimate of drug-likeness (QED) is 0.869. The number of carbonyl (C=O) groups is 1. The maximum Gasteiger partial charge on any atom is 0.227 e. The molecule has 3 rings (SSSR count). The summed E-state index contributed by atoms with van der Waals surface area (Å²) in [5.41, 5.74) is 1.86. The Labute approximate surface area is 154 Å². The number of benzene rings is 1. The molecule has 1 aliphatic heterocycles. The van der Waals surface area contributed by atoms with E-state index in [1.54, 1.807) is 6.26 Å². The van der Waals surface area contributed by atoms with Gasteiger partial charge in [0.1, 0.15) is 5.76 Å². The largest absolute Gasteiger partial charge is 0.464 e. The fourth-order valence-corrected chi connectivity index (χ4v) is 4.23. The Hall–Kier alpha value is -2.12. The van der Waals surface area contributed by atoms with Crippen LogP contribution in [0.2, 0.25) is 0 Å². The van der Waals surface area contributed by atoms with E-state index in [0.717, 1.165) is 29.7 Å². The van der Waals surface area contributed by atoms with Gasteiger partial charge in [0.15, 0.2) is 0 Å². The van der Waals surface area contributed by atoms with Gasteiger partial charge in [-0.25, -0.2) is 13.1 Å². The van der Waals surface area contributed by atoms with Crippen molar-refractivity contribution in [2.24, 2.45) is 0 Å². The molecule has 2 aromatic rings. The lowest BCUT2D eigenvalue weighted by atomic mass is 10.0. The Bertz CT molecular complexity index is 846. The van der Waals surface area contributed by atoms with Crippen molar-refractivity contribution >= 4 is 15.9 Å². The van der Waals surface area contributed by atoms with Gasteiger partial charge in [0, 0.05) is 24.7 Å². The van der Waals surface area contributed by atoms with Crippen LogP contribution in [0.5, 0.6) is 0 Å². The summed E-state index contributed by atoms with van der Waals surface area (Å²) in [5, 5.41) is 0. The highest BCUT2D eigenvalue weighted by molar-refractivity contribution is 7.88. The van der Waals surface area contributed by atoms with Gasteiger partial charge in [-0.15, -0.1) is 0 Å². The summed E-state index contributed by atoms with van der Waals surface area (Å²) < 4.78 is 31.0. The maximum atomic E-state index is 12.8. The van der Waals surface area contributed by atoms with Crippen LogP contribution in [0.4, 0.5) is 0 Å². The Morgan fingerprint density at radius 2 is 2.00 bits per heavy atom. The number of nitrogens with one attached hydrogen (secondary N) is 1. The smallest absolute Gasteiger partial charge is 0.227 e. The third-order valence-corrected chi connectivity index (χ3v) is 5.37. The average molecular weight is 376 g/mol. The Balaban J connectivity index is 1.66. The van der Waals surface area contributed by atoms with Crippen molar-refractivity contribution in [3.05, 3.63) is 48.2 Å². The number of nitrogens with zero attached hydrogens (tertiary/aromatic N) is 1.